The van der Waals surface area contributed by atoms with Crippen molar-refractivity contribution in [3.63, 3.8) is 0 Å². The molecule has 1 unspecified atom stereocenters. The molecule has 1 N–H and O–H groups in total. The molecule has 0 aliphatic heterocycles. The topological polar surface area (TPSA) is 33.6 Å². The van der Waals surface area contributed by atoms with E-state index in [1.807, 2.05) is 13.2 Å². The van der Waals surface area contributed by atoms with Gasteiger partial charge < -0.3 is 9.61 Å². The van der Waals surface area contributed by atoms with Crippen LogP contribution in [0.25, 0.3) is 0 Å². The summed E-state index contributed by atoms with van der Waals surface area (Å²) in [7, 11) is 0. The van der Waals surface area contributed by atoms with Crippen molar-refractivity contribution in [1.29, 1.82) is 0 Å². The fourth-order valence-corrected chi connectivity index (χ4v) is 3.13. The van der Waals surface area contributed by atoms with Crippen LogP contribution in [0.15, 0.2) is 4.99 Å². The first kappa shape index (κ1) is 14.4. The van der Waals surface area contributed by atoms with Gasteiger partial charge in [-0.3, -0.25) is 4.99 Å². The molecule has 0 radical (unpaired) electrons. The first-order valence-corrected chi connectivity index (χ1v) is 9.30. The third kappa shape index (κ3) is 6.82. The summed E-state index contributed by atoms with van der Waals surface area (Å²) in [5.41, 5.74) is -1.90. The van der Waals surface area contributed by atoms with Crippen LogP contribution in [-0.4, -0.2) is 25.7 Å². The monoisotopic (exact) mass is 254 g/mol. The van der Waals surface area contributed by atoms with E-state index in [0.717, 1.165) is 13.0 Å². The molecule has 0 saturated heterocycles. The second-order valence-corrected chi connectivity index (χ2v) is 9.37. The van der Waals surface area contributed by atoms with Crippen molar-refractivity contribution < 1.29 is 4.52 Å². The van der Waals surface area contributed by atoms with Crippen LogP contribution in [-0.2, 0) is 16.3 Å². The number of aliphatic imine (C=N–C) groups is 1. The molecule has 0 spiro atoms. The predicted octanol–water partition coefficient (Wildman–Crippen LogP) is 3.03. The molecule has 0 rings (SSSR count). The van der Waals surface area contributed by atoms with E-state index in [-0.39, 0.29) is 0 Å². The van der Waals surface area contributed by atoms with Crippen LogP contribution in [0.2, 0.25) is 0 Å². The first-order chi connectivity index (χ1) is 6.68. The van der Waals surface area contributed by atoms with Gasteiger partial charge in [0.25, 0.3) is 0 Å². The van der Waals surface area contributed by atoms with E-state index < -0.39 is 5.62 Å². The van der Waals surface area contributed by atoms with Crippen LogP contribution < -0.4 is 5.09 Å². The minimum absolute atomic E-state index is 0.647. The normalized spacial score (nSPS) is 15.6. The molecule has 1 atom stereocenters. The summed E-state index contributed by atoms with van der Waals surface area (Å²) in [5.74, 6) is 0. The van der Waals surface area contributed by atoms with E-state index in [2.05, 4.69) is 17.0 Å². The lowest BCUT2D eigenvalue weighted by Gasteiger charge is -2.17. The van der Waals surface area contributed by atoms with Gasteiger partial charge in [0, 0.05) is 6.54 Å². The lowest BCUT2D eigenvalue weighted by Crippen LogP contribution is -2.07. The average molecular weight is 254 g/mol. The standard InChI is InChI=1S/C8H19N2OPS2/c1-4-6-7-9-8-10-12(13,14-3)11-5-2/h8H,4-7H2,1-3H3,(H,9,10,13). The maximum absolute atomic E-state index is 5.47. The van der Waals surface area contributed by atoms with E-state index in [1.54, 1.807) is 17.7 Å². The van der Waals surface area contributed by atoms with Crippen molar-refractivity contribution >= 4 is 35.1 Å². The molecule has 84 valence electrons. The maximum atomic E-state index is 5.47. The highest BCUT2D eigenvalue weighted by molar-refractivity contribution is 8.68. The van der Waals surface area contributed by atoms with Gasteiger partial charge in [0.05, 0.1) is 12.9 Å². The summed E-state index contributed by atoms with van der Waals surface area (Å²) in [6.07, 6.45) is 5.94. The van der Waals surface area contributed by atoms with Gasteiger partial charge >= 0.3 is 0 Å². The number of nitrogens with zero attached hydrogens (tertiary/aromatic N) is 1. The molecule has 14 heavy (non-hydrogen) atoms. The third-order valence-corrected chi connectivity index (χ3v) is 7.05. The van der Waals surface area contributed by atoms with Crippen LogP contribution in [0.4, 0.5) is 0 Å². The number of nitrogens with one attached hydrogen (secondary N) is 1. The number of hydrogen-bond donors (Lipinski definition) is 1. The molecule has 0 aromatic carbocycles. The van der Waals surface area contributed by atoms with Crippen molar-refractivity contribution in [2.75, 3.05) is 19.4 Å². The SMILES string of the molecule is CCCCN=CNP(=S)(OCC)SC. The highest BCUT2D eigenvalue weighted by Crippen LogP contribution is 2.53. The Morgan fingerprint density at radius 3 is 2.79 bits per heavy atom. The van der Waals surface area contributed by atoms with Crippen molar-refractivity contribution in [3.05, 3.63) is 0 Å². The van der Waals surface area contributed by atoms with Crippen molar-refractivity contribution in [1.82, 2.24) is 5.09 Å². The average Bonchev–Trinajstić information content (AvgIpc) is 2.18. The Kier molecular flexibility index (Phi) is 8.98. The van der Waals surface area contributed by atoms with Crippen LogP contribution in [0.3, 0.4) is 0 Å². The Morgan fingerprint density at radius 2 is 2.29 bits per heavy atom. The molecule has 0 heterocycles. The largest absolute Gasteiger partial charge is 0.327 e. The minimum atomic E-state index is -1.90. The second-order valence-electron chi connectivity index (χ2n) is 2.62. The van der Waals surface area contributed by atoms with Crippen LogP contribution in [0.1, 0.15) is 26.7 Å². The predicted molar refractivity (Wildman–Crippen MR) is 70.8 cm³/mol. The Hall–Kier alpha value is 0.430. The third-order valence-electron chi connectivity index (χ3n) is 1.49. The van der Waals surface area contributed by atoms with Gasteiger partial charge in [-0.1, -0.05) is 24.7 Å². The summed E-state index contributed by atoms with van der Waals surface area (Å²) in [6.45, 7) is 5.61. The first-order valence-electron chi connectivity index (χ1n) is 4.75. The number of unbranched alkanes of at least 4 members (excludes halogenated alkanes) is 1. The molecular formula is C8H19N2OPS2. The summed E-state index contributed by atoms with van der Waals surface area (Å²) in [4.78, 5) is 4.21. The van der Waals surface area contributed by atoms with Gasteiger partial charge in [0.2, 0.25) is 5.62 Å². The van der Waals surface area contributed by atoms with Gasteiger partial charge in [-0.2, -0.15) is 0 Å². The Labute approximate surface area is 96.0 Å². The maximum Gasteiger partial charge on any atom is 0.210 e. The summed E-state index contributed by atoms with van der Waals surface area (Å²) in [6, 6.07) is 0. The number of hydrogen-bond acceptors (Lipinski definition) is 4. The molecule has 0 saturated carbocycles. The van der Waals surface area contributed by atoms with Gasteiger partial charge in [0.15, 0.2) is 0 Å². The smallest absolute Gasteiger partial charge is 0.210 e. The molecule has 0 aliphatic rings. The zero-order valence-electron chi connectivity index (χ0n) is 9.02. The van der Waals surface area contributed by atoms with Gasteiger partial charge in [0.1, 0.15) is 0 Å². The van der Waals surface area contributed by atoms with E-state index >= 15 is 0 Å². The van der Waals surface area contributed by atoms with Gasteiger partial charge in [-0.05, 0) is 31.4 Å². The quantitative estimate of drug-likeness (QED) is 0.312. The fourth-order valence-electron chi connectivity index (χ4n) is 0.738. The zero-order chi connectivity index (χ0) is 10.9. The second kappa shape index (κ2) is 8.72. The molecule has 0 amide bonds. The summed E-state index contributed by atoms with van der Waals surface area (Å²) < 4.78 is 5.47. The van der Waals surface area contributed by atoms with E-state index in [0.29, 0.717) is 6.61 Å². The Bertz CT molecular complexity index is 212. The molecule has 0 aliphatic carbocycles. The van der Waals surface area contributed by atoms with Gasteiger partial charge in [-0.15, -0.1) is 0 Å². The zero-order valence-corrected chi connectivity index (χ0v) is 11.6. The molecule has 0 fully saturated rings. The lowest BCUT2D eigenvalue weighted by atomic mass is 10.3. The minimum Gasteiger partial charge on any atom is -0.327 e. The number of rotatable bonds is 8. The van der Waals surface area contributed by atoms with Gasteiger partial charge in [-0.25, -0.2) is 0 Å². The molecule has 0 aromatic rings. The van der Waals surface area contributed by atoms with E-state index in [9.17, 15) is 0 Å². The van der Waals surface area contributed by atoms with E-state index in [1.165, 1.54) is 6.42 Å². The molecular weight excluding hydrogens is 235 g/mol. The highest BCUT2D eigenvalue weighted by atomic mass is 32.9. The van der Waals surface area contributed by atoms with Crippen LogP contribution in [0, 0.1) is 0 Å². The molecule has 3 nitrogen and oxygen atoms in total. The molecule has 0 bridgehead atoms. The lowest BCUT2D eigenvalue weighted by molar-refractivity contribution is 0.383. The van der Waals surface area contributed by atoms with E-state index in [4.69, 9.17) is 16.3 Å². The Morgan fingerprint density at radius 1 is 1.57 bits per heavy atom. The highest BCUT2D eigenvalue weighted by Gasteiger charge is 2.12. The summed E-state index contributed by atoms with van der Waals surface area (Å²) >= 11 is 6.89. The van der Waals surface area contributed by atoms with Crippen LogP contribution in [0.5, 0.6) is 0 Å². The fraction of sp³-hybridized carbons (Fsp3) is 0.875. The van der Waals surface area contributed by atoms with Crippen LogP contribution >= 0.6 is 17.0 Å². The summed E-state index contributed by atoms with van der Waals surface area (Å²) in [5, 5.41) is 3.08. The van der Waals surface area contributed by atoms with Crippen molar-refractivity contribution in [2.24, 2.45) is 4.99 Å². The van der Waals surface area contributed by atoms with Crippen molar-refractivity contribution in [3.8, 4) is 0 Å². The molecule has 6 heteroatoms. The van der Waals surface area contributed by atoms with Crippen molar-refractivity contribution in [2.45, 2.75) is 26.7 Å². The Balaban J connectivity index is 3.82. The molecule has 0 aromatic heterocycles.